The van der Waals surface area contributed by atoms with Crippen LogP contribution in [0.15, 0.2) is 18.2 Å². The van der Waals surface area contributed by atoms with Crippen LogP contribution in [0.1, 0.15) is 43.7 Å². The molecule has 17 heavy (non-hydrogen) atoms. The van der Waals surface area contributed by atoms with Gasteiger partial charge in [0.2, 0.25) is 0 Å². The first-order valence-corrected chi connectivity index (χ1v) is 6.27. The molecule has 1 aromatic carbocycles. The fourth-order valence-corrected chi connectivity index (χ4v) is 2.70. The molecular formula is C13H18Cl2FN. The van der Waals surface area contributed by atoms with E-state index in [-0.39, 0.29) is 24.3 Å². The summed E-state index contributed by atoms with van der Waals surface area (Å²) in [4.78, 5) is 0. The zero-order valence-corrected chi connectivity index (χ0v) is 11.2. The highest BCUT2D eigenvalue weighted by Gasteiger charge is 2.24. The molecule has 1 fully saturated rings. The van der Waals surface area contributed by atoms with Gasteiger partial charge in [0.25, 0.3) is 0 Å². The molecule has 2 rings (SSSR count). The molecule has 0 amide bonds. The van der Waals surface area contributed by atoms with Crippen molar-refractivity contribution in [3.05, 3.63) is 34.6 Å². The third kappa shape index (κ3) is 3.57. The topological polar surface area (TPSA) is 26.0 Å². The zero-order valence-electron chi connectivity index (χ0n) is 9.66. The van der Waals surface area contributed by atoms with Gasteiger partial charge in [-0.15, -0.1) is 12.4 Å². The summed E-state index contributed by atoms with van der Waals surface area (Å²) in [7, 11) is 0. The first kappa shape index (κ1) is 14.7. The number of benzene rings is 1. The van der Waals surface area contributed by atoms with Crippen LogP contribution in [-0.2, 0) is 0 Å². The van der Waals surface area contributed by atoms with E-state index in [4.69, 9.17) is 17.3 Å². The summed E-state index contributed by atoms with van der Waals surface area (Å²) in [6.45, 7) is 0. The molecule has 2 N–H and O–H groups in total. The van der Waals surface area contributed by atoms with Gasteiger partial charge in [-0.1, -0.05) is 30.9 Å². The summed E-state index contributed by atoms with van der Waals surface area (Å²) in [6, 6.07) is 4.42. The second kappa shape index (κ2) is 6.58. The molecule has 1 atom stereocenters. The maximum absolute atomic E-state index is 13.6. The van der Waals surface area contributed by atoms with Crippen molar-refractivity contribution in [2.75, 3.05) is 0 Å². The Morgan fingerprint density at radius 2 is 1.88 bits per heavy atom. The number of hydrogen-bond acceptors (Lipinski definition) is 1. The molecule has 1 aliphatic carbocycles. The second-order valence-corrected chi connectivity index (χ2v) is 5.03. The minimum absolute atomic E-state index is 0. The maximum atomic E-state index is 13.6. The smallest absolute Gasteiger partial charge is 0.128 e. The standard InChI is InChI=1S/C13H17ClFN.ClH/c14-10-6-7-12(15)11(8-10)13(16)9-4-2-1-3-5-9;/h6-9,13H,1-5,16H2;1H/t13-;/m0./s1. The predicted molar refractivity (Wildman–Crippen MR) is 72.2 cm³/mol. The van der Waals surface area contributed by atoms with Gasteiger partial charge in [0.1, 0.15) is 5.82 Å². The van der Waals surface area contributed by atoms with E-state index in [1.165, 1.54) is 25.3 Å². The first-order valence-electron chi connectivity index (χ1n) is 5.89. The molecule has 1 saturated carbocycles. The molecule has 1 aromatic rings. The van der Waals surface area contributed by atoms with Crippen molar-refractivity contribution < 1.29 is 4.39 Å². The summed E-state index contributed by atoms with van der Waals surface area (Å²) in [5.74, 6) is 0.171. The van der Waals surface area contributed by atoms with E-state index >= 15 is 0 Å². The minimum atomic E-state index is -0.234. The molecule has 0 heterocycles. The number of nitrogens with two attached hydrogens (primary N) is 1. The Hall–Kier alpha value is -0.310. The first-order chi connectivity index (χ1) is 7.68. The largest absolute Gasteiger partial charge is 0.324 e. The number of halogens is 3. The molecule has 1 aliphatic rings. The SMILES string of the molecule is Cl.N[C@H](c1cc(Cl)ccc1F)C1CCCCC1. The average Bonchev–Trinajstić information content (AvgIpc) is 2.32. The van der Waals surface area contributed by atoms with Crippen LogP contribution in [0.2, 0.25) is 5.02 Å². The van der Waals surface area contributed by atoms with Gasteiger partial charge < -0.3 is 5.73 Å². The molecule has 0 radical (unpaired) electrons. The van der Waals surface area contributed by atoms with Crippen LogP contribution in [0.4, 0.5) is 4.39 Å². The van der Waals surface area contributed by atoms with Crippen LogP contribution < -0.4 is 5.73 Å². The summed E-state index contributed by atoms with van der Waals surface area (Å²) in [6.07, 6.45) is 5.91. The fraction of sp³-hybridized carbons (Fsp3) is 0.538. The molecule has 0 saturated heterocycles. The maximum Gasteiger partial charge on any atom is 0.128 e. The molecule has 0 unspecified atom stereocenters. The molecular weight excluding hydrogens is 260 g/mol. The summed E-state index contributed by atoms with van der Waals surface area (Å²) < 4.78 is 13.6. The van der Waals surface area contributed by atoms with E-state index in [1.807, 2.05) is 0 Å². The van der Waals surface area contributed by atoms with Crippen molar-refractivity contribution >= 4 is 24.0 Å². The molecule has 0 spiro atoms. The lowest BCUT2D eigenvalue weighted by atomic mass is 9.81. The highest BCUT2D eigenvalue weighted by atomic mass is 35.5. The molecule has 96 valence electrons. The molecule has 4 heteroatoms. The van der Waals surface area contributed by atoms with Crippen LogP contribution in [0.25, 0.3) is 0 Å². The Balaban J connectivity index is 0.00000144. The van der Waals surface area contributed by atoms with E-state index in [1.54, 1.807) is 12.1 Å². The Morgan fingerprint density at radius 3 is 2.53 bits per heavy atom. The van der Waals surface area contributed by atoms with E-state index in [0.29, 0.717) is 16.5 Å². The normalized spacial score (nSPS) is 18.5. The number of rotatable bonds is 2. The van der Waals surface area contributed by atoms with Gasteiger partial charge in [0, 0.05) is 16.6 Å². The van der Waals surface area contributed by atoms with Crippen molar-refractivity contribution in [2.24, 2.45) is 11.7 Å². The Labute approximate surface area is 113 Å². The van der Waals surface area contributed by atoms with Gasteiger partial charge in [-0.3, -0.25) is 0 Å². The van der Waals surface area contributed by atoms with Crippen molar-refractivity contribution in [2.45, 2.75) is 38.1 Å². The van der Waals surface area contributed by atoms with E-state index in [0.717, 1.165) is 12.8 Å². The second-order valence-electron chi connectivity index (χ2n) is 4.59. The highest BCUT2D eigenvalue weighted by Crippen LogP contribution is 2.34. The summed E-state index contributed by atoms with van der Waals surface area (Å²) in [5, 5.41) is 0.558. The lowest BCUT2D eigenvalue weighted by Gasteiger charge is -2.28. The van der Waals surface area contributed by atoms with Crippen LogP contribution in [0.3, 0.4) is 0 Å². The fourth-order valence-electron chi connectivity index (χ4n) is 2.52. The van der Waals surface area contributed by atoms with Crippen molar-refractivity contribution in [1.29, 1.82) is 0 Å². The quantitative estimate of drug-likeness (QED) is 0.848. The van der Waals surface area contributed by atoms with E-state index in [9.17, 15) is 4.39 Å². The van der Waals surface area contributed by atoms with Crippen LogP contribution in [0.5, 0.6) is 0 Å². The van der Waals surface area contributed by atoms with Gasteiger partial charge >= 0.3 is 0 Å². The van der Waals surface area contributed by atoms with Gasteiger partial charge in [0.05, 0.1) is 0 Å². The molecule has 0 aromatic heterocycles. The van der Waals surface area contributed by atoms with Crippen molar-refractivity contribution in [3.8, 4) is 0 Å². The van der Waals surface area contributed by atoms with Crippen LogP contribution in [-0.4, -0.2) is 0 Å². The lowest BCUT2D eigenvalue weighted by molar-refractivity contribution is 0.303. The van der Waals surface area contributed by atoms with E-state index in [2.05, 4.69) is 0 Å². The Bertz CT molecular complexity index is 364. The summed E-state index contributed by atoms with van der Waals surface area (Å²) >= 11 is 5.88. The van der Waals surface area contributed by atoms with E-state index < -0.39 is 0 Å². The van der Waals surface area contributed by atoms with Crippen molar-refractivity contribution in [1.82, 2.24) is 0 Å². The Kier molecular flexibility index (Phi) is 5.71. The molecule has 0 aliphatic heterocycles. The third-order valence-electron chi connectivity index (χ3n) is 3.47. The minimum Gasteiger partial charge on any atom is -0.324 e. The molecule has 1 nitrogen and oxygen atoms in total. The van der Waals surface area contributed by atoms with Gasteiger partial charge in [-0.2, -0.15) is 0 Å². The van der Waals surface area contributed by atoms with Gasteiger partial charge in [-0.05, 0) is 37.0 Å². The average molecular weight is 278 g/mol. The Morgan fingerprint density at radius 1 is 1.24 bits per heavy atom. The lowest BCUT2D eigenvalue weighted by Crippen LogP contribution is -2.24. The van der Waals surface area contributed by atoms with Crippen LogP contribution in [0, 0.1) is 11.7 Å². The number of hydrogen-bond donors (Lipinski definition) is 1. The zero-order chi connectivity index (χ0) is 11.5. The predicted octanol–water partition coefficient (Wildman–Crippen LogP) is 4.48. The monoisotopic (exact) mass is 277 g/mol. The summed E-state index contributed by atoms with van der Waals surface area (Å²) in [5.41, 5.74) is 6.71. The van der Waals surface area contributed by atoms with Gasteiger partial charge in [-0.25, -0.2) is 4.39 Å². The highest BCUT2D eigenvalue weighted by molar-refractivity contribution is 6.30. The third-order valence-corrected chi connectivity index (χ3v) is 3.71. The van der Waals surface area contributed by atoms with Crippen LogP contribution >= 0.6 is 24.0 Å². The van der Waals surface area contributed by atoms with Crippen molar-refractivity contribution in [3.63, 3.8) is 0 Å². The molecule has 0 bridgehead atoms. The van der Waals surface area contributed by atoms with Gasteiger partial charge in [0.15, 0.2) is 0 Å².